The van der Waals surface area contributed by atoms with Gasteiger partial charge in [0, 0.05) is 38.4 Å². The van der Waals surface area contributed by atoms with Crippen molar-refractivity contribution in [1.29, 1.82) is 0 Å². The van der Waals surface area contributed by atoms with Gasteiger partial charge in [-0.05, 0) is 23.3 Å². The minimum atomic E-state index is 0. The molecule has 0 bridgehead atoms. The number of hydrogen-bond acceptors (Lipinski definition) is 3. The lowest BCUT2D eigenvalue weighted by Crippen LogP contribution is -2.48. The Hall–Kier alpha value is -1.75. The third kappa shape index (κ3) is 6.24. The molecule has 0 spiro atoms. The molecule has 2 aromatic carbocycles. The van der Waals surface area contributed by atoms with Gasteiger partial charge in [0.15, 0.2) is 0 Å². The predicted octanol–water partition coefficient (Wildman–Crippen LogP) is 3.00. The zero-order valence-electron chi connectivity index (χ0n) is 14.1. The third-order valence-electron chi connectivity index (χ3n) is 4.31. The van der Waals surface area contributed by atoms with Gasteiger partial charge in [-0.3, -0.25) is 9.69 Å². The smallest absolute Gasteiger partial charge is 0.227 e. The molecule has 4 nitrogen and oxygen atoms in total. The van der Waals surface area contributed by atoms with Crippen LogP contribution in [0.5, 0.6) is 0 Å². The molecule has 1 fully saturated rings. The minimum absolute atomic E-state index is 0. The third-order valence-corrected chi connectivity index (χ3v) is 4.31. The fourth-order valence-corrected chi connectivity index (χ4v) is 2.92. The van der Waals surface area contributed by atoms with Gasteiger partial charge in [0.1, 0.15) is 0 Å². The maximum atomic E-state index is 12.4. The van der Waals surface area contributed by atoms with E-state index in [0.29, 0.717) is 6.42 Å². The van der Waals surface area contributed by atoms with Crippen molar-refractivity contribution < 1.29 is 4.79 Å². The van der Waals surface area contributed by atoms with Gasteiger partial charge in [0.2, 0.25) is 5.91 Å². The van der Waals surface area contributed by atoms with Crippen molar-refractivity contribution in [2.75, 3.05) is 31.9 Å². The Morgan fingerprint density at radius 2 is 1.44 bits per heavy atom. The highest BCUT2D eigenvalue weighted by molar-refractivity contribution is 5.85. The fraction of sp³-hybridized carbons (Fsp3) is 0.316. The molecule has 0 radical (unpaired) electrons. The molecule has 1 amide bonds. The van der Waals surface area contributed by atoms with Gasteiger partial charge in [0.05, 0.1) is 6.42 Å². The number of carbonyl (C=O) groups excluding carboxylic acids is 1. The number of nitrogen functional groups attached to an aromatic ring is 1. The average molecular weight is 382 g/mol. The highest BCUT2D eigenvalue weighted by atomic mass is 35.5. The van der Waals surface area contributed by atoms with E-state index in [0.717, 1.165) is 44.0 Å². The van der Waals surface area contributed by atoms with Crippen LogP contribution in [0.3, 0.4) is 0 Å². The number of benzene rings is 2. The molecule has 2 N–H and O–H groups in total. The topological polar surface area (TPSA) is 49.6 Å². The van der Waals surface area contributed by atoms with E-state index in [-0.39, 0.29) is 30.7 Å². The Kier molecular flexibility index (Phi) is 8.76. The van der Waals surface area contributed by atoms with Crippen LogP contribution in [-0.4, -0.2) is 41.9 Å². The second-order valence-corrected chi connectivity index (χ2v) is 6.06. The molecule has 0 unspecified atom stereocenters. The Labute approximate surface area is 161 Å². The van der Waals surface area contributed by atoms with Crippen LogP contribution in [0.1, 0.15) is 11.1 Å². The van der Waals surface area contributed by atoms with E-state index >= 15 is 0 Å². The molecule has 1 aliphatic rings. The van der Waals surface area contributed by atoms with Crippen molar-refractivity contribution in [1.82, 2.24) is 9.80 Å². The van der Waals surface area contributed by atoms with Gasteiger partial charge < -0.3 is 10.6 Å². The first-order valence-corrected chi connectivity index (χ1v) is 8.09. The number of anilines is 1. The highest BCUT2D eigenvalue weighted by Gasteiger charge is 2.21. The van der Waals surface area contributed by atoms with Gasteiger partial charge in [0.25, 0.3) is 0 Å². The molecule has 136 valence electrons. The van der Waals surface area contributed by atoms with Gasteiger partial charge in [-0.15, -0.1) is 24.8 Å². The Morgan fingerprint density at radius 3 is 2.04 bits per heavy atom. The zero-order chi connectivity index (χ0) is 16.1. The maximum absolute atomic E-state index is 12.4. The van der Waals surface area contributed by atoms with E-state index in [1.807, 2.05) is 35.2 Å². The van der Waals surface area contributed by atoms with Crippen LogP contribution in [0.25, 0.3) is 0 Å². The molecule has 0 atom stereocenters. The first-order valence-electron chi connectivity index (χ1n) is 8.09. The SMILES string of the molecule is Cl.Cl.Nc1ccc(CC(=O)N2CCN(Cc3ccccc3)CC2)cc1. The Bertz CT molecular complexity index is 641. The molecular formula is C19H25Cl2N3O. The van der Waals surface area contributed by atoms with Crippen molar-refractivity contribution in [3.05, 3.63) is 65.7 Å². The number of piperazine rings is 1. The predicted molar refractivity (Wildman–Crippen MR) is 107 cm³/mol. The standard InChI is InChI=1S/C19H23N3O.2ClH/c20-18-8-6-16(7-9-18)14-19(23)22-12-10-21(11-13-22)15-17-4-2-1-3-5-17;;/h1-9H,10-15,20H2;2*1H. The number of nitrogens with two attached hydrogens (primary N) is 1. The number of nitrogens with zero attached hydrogens (tertiary/aromatic N) is 2. The molecule has 25 heavy (non-hydrogen) atoms. The van der Waals surface area contributed by atoms with Crippen molar-refractivity contribution in [2.45, 2.75) is 13.0 Å². The summed E-state index contributed by atoms with van der Waals surface area (Å²) < 4.78 is 0. The highest BCUT2D eigenvalue weighted by Crippen LogP contribution is 2.11. The number of carbonyl (C=O) groups is 1. The van der Waals surface area contributed by atoms with E-state index in [9.17, 15) is 4.79 Å². The molecule has 0 aromatic heterocycles. The number of rotatable bonds is 4. The Morgan fingerprint density at radius 1 is 0.840 bits per heavy atom. The monoisotopic (exact) mass is 381 g/mol. The summed E-state index contributed by atoms with van der Waals surface area (Å²) in [5.41, 5.74) is 8.76. The molecule has 0 saturated carbocycles. The van der Waals surface area contributed by atoms with E-state index in [2.05, 4.69) is 29.2 Å². The van der Waals surface area contributed by atoms with Crippen LogP contribution in [0, 0.1) is 0 Å². The van der Waals surface area contributed by atoms with Crippen molar-refractivity contribution in [3.63, 3.8) is 0 Å². The molecule has 1 heterocycles. The van der Waals surface area contributed by atoms with Crippen molar-refractivity contribution in [3.8, 4) is 0 Å². The summed E-state index contributed by atoms with van der Waals surface area (Å²) in [6.07, 6.45) is 0.457. The van der Waals surface area contributed by atoms with Crippen LogP contribution in [-0.2, 0) is 17.8 Å². The second kappa shape index (κ2) is 10.3. The van der Waals surface area contributed by atoms with Gasteiger partial charge >= 0.3 is 0 Å². The number of hydrogen-bond donors (Lipinski definition) is 1. The summed E-state index contributed by atoms with van der Waals surface area (Å²) in [5, 5.41) is 0. The molecule has 1 aliphatic heterocycles. The van der Waals surface area contributed by atoms with Crippen molar-refractivity contribution in [2.24, 2.45) is 0 Å². The van der Waals surface area contributed by atoms with E-state index in [1.165, 1.54) is 5.56 Å². The maximum Gasteiger partial charge on any atom is 0.227 e. The number of halogens is 2. The van der Waals surface area contributed by atoms with Gasteiger partial charge in [-0.25, -0.2) is 0 Å². The van der Waals surface area contributed by atoms with E-state index in [4.69, 9.17) is 5.73 Å². The lowest BCUT2D eigenvalue weighted by molar-refractivity contribution is -0.132. The van der Waals surface area contributed by atoms with Gasteiger partial charge in [-0.2, -0.15) is 0 Å². The van der Waals surface area contributed by atoms with Crippen molar-refractivity contribution >= 4 is 36.4 Å². The Balaban J connectivity index is 0.00000156. The van der Waals surface area contributed by atoms with E-state index < -0.39 is 0 Å². The fourth-order valence-electron chi connectivity index (χ4n) is 2.92. The van der Waals surface area contributed by atoms with E-state index in [1.54, 1.807) is 0 Å². The van der Waals surface area contributed by atoms with Crippen LogP contribution >= 0.6 is 24.8 Å². The lowest BCUT2D eigenvalue weighted by atomic mass is 10.1. The summed E-state index contributed by atoms with van der Waals surface area (Å²) >= 11 is 0. The van der Waals surface area contributed by atoms with Crippen LogP contribution in [0.4, 0.5) is 5.69 Å². The molecule has 2 aromatic rings. The molecular weight excluding hydrogens is 357 g/mol. The average Bonchev–Trinajstić information content (AvgIpc) is 2.58. The minimum Gasteiger partial charge on any atom is -0.399 e. The van der Waals surface area contributed by atoms with Crippen LogP contribution in [0.15, 0.2) is 54.6 Å². The summed E-state index contributed by atoms with van der Waals surface area (Å²) in [6.45, 7) is 4.44. The largest absolute Gasteiger partial charge is 0.399 e. The normalized spacial score (nSPS) is 14.3. The lowest BCUT2D eigenvalue weighted by Gasteiger charge is -2.34. The summed E-state index contributed by atoms with van der Waals surface area (Å²) in [7, 11) is 0. The summed E-state index contributed by atoms with van der Waals surface area (Å²) in [6, 6.07) is 18.0. The summed E-state index contributed by atoms with van der Waals surface area (Å²) in [5.74, 6) is 0.203. The first kappa shape index (κ1) is 21.3. The quantitative estimate of drug-likeness (QED) is 0.828. The van der Waals surface area contributed by atoms with Crippen LogP contribution < -0.4 is 5.73 Å². The molecule has 3 rings (SSSR count). The number of amides is 1. The molecule has 6 heteroatoms. The second-order valence-electron chi connectivity index (χ2n) is 6.06. The van der Waals surface area contributed by atoms with Gasteiger partial charge in [-0.1, -0.05) is 42.5 Å². The zero-order valence-corrected chi connectivity index (χ0v) is 15.8. The molecule has 0 aliphatic carbocycles. The first-order chi connectivity index (χ1) is 11.2. The van der Waals surface area contributed by atoms with Crippen LogP contribution in [0.2, 0.25) is 0 Å². The summed E-state index contributed by atoms with van der Waals surface area (Å²) in [4.78, 5) is 16.8. The molecule has 1 saturated heterocycles.